The average Bonchev–Trinajstić information content (AvgIpc) is 2.95. The molecular weight excluding hydrogens is 380 g/mol. The van der Waals surface area contributed by atoms with E-state index in [0.717, 1.165) is 25.7 Å². The van der Waals surface area contributed by atoms with E-state index in [4.69, 9.17) is 12.2 Å². The largest absolute Gasteiger partial charge is 0.493 e. The Hall–Kier alpha value is -1.10. The van der Waals surface area contributed by atoms with Crippen LogP contribution in [-0.2, 0) is 13.1 Å². The lowest BCUT2D eigenvalue weighted by molar-refractivity contribution is 0.338. The molecule has 0 saturated carbocycles. The van der Waals surface area contributed by atoms with Crippen LogP contribution in [0.3, 0.4) is 0 Å². The molecule has 0 spiro atoms. The van der Waals surface area contributed by atoms with E-state index in [0.29, 0.717) is 13.1 Å². The Kier molecular flexibility index (Phi) is 14.9. The van der Waals surface area contributed by atoms with Gasteiger partial charge in [-0.05, 0) is 12.8 Å². The summed E-state index contributed by atoms with van der Waals surface area (Å²) in [5.41, 5.74) is 0.138. The number of nitrogens with zero attached hydrogens (tertiary/aromatic N) is 2. The molecule has 0 aliphatic carbocycles. The highest BCUT2D eigenvalue weighted by molar-refractivity contribution is 7.79. The van der Waals surface area contributed by atoms with E-state index in [9.17, 15) is 9.90 Å². The molecule has 0 aromatic carbocycles. The van der Waals surface area contributed by atoms with Crippen LogP contribution in [0.1, 0.15) is 122 Å². The molecule has 1 heterocycles. The Bertz CT molecular complexity index is 607. The Balaban J connectivity index is 2.42. The third kappa shape index (κ3) is 9.97. The molecule has 4 nitrogen and oxygen atoms in total. The summed E-state index contributed by atoms with van der Waals surface area (Å²) in [4.78, 5) is 12.6. The van der Waals surface area contributed by atoms with Crippen molar-refractivity contribution < 1.29 is 5.11 Å². The van der Waals surface area contributed by atoms with Gasteiger partial charge in [-0.15, -0.1) is 0 Å². The number of aromatic nitrogens is 2. The van der Waals surface area contributed by atoms with Crippen molar-refractivity contribution in [3.05, 3.63) is 15.9 Å². The number of thiocarbonyl (C=S) groups is 1. The molecule has 0 atom stereocenters. The summed E-state index contributed by atoms with van der Waals surface area (Å²) in [6.45, 7) is 5.84. The maximum atomic E-state index is 12.6. The normalized spacial score (nSPS) is 11.2. The zero-order valence-electron chi connectivity index (χ0n) is 19.0. The first-order chi connectivity index (χ1) is 14.2. The first-order valence-corrected chi connectivity index (χ1v) is 12.6. The summed E-state index contributed by atoms with van der Waals surface area (Å²) in [5.74, 6) is 0.0486. The fourth-order valence-corrected chi connectivity index (χ4v) is 4.15. The number of aromatic hydroxyl groups is 1. The van der Waals surface area contributed by atoms with E-state index in [1.54, 1.807) is 9.36 Å². The van der Waals surface area contributed by atoms with E-state index in [-0.39, 0.29) is 17.0 Å². The van der Waals surface area contributed by atoms with Crippen LogP contribution < -0.4 is 5.56 Å². The Labute approximate surface area is 183 Å². The summed E-state index contributed by atoms with van der Waals surface area (Å²) >= 11 is 4.96. The molecule has 0 fully saturated rings. The second-order valence-electron chi connectivity index (χ2n) is 8.36. The van der Waals surface area contributed by atoms with Gasteiger partial charge in [0.1, 0.15) is 5.56 Å². The Morgan fingerprint density at radius 2 is 1.07 bits per heavy atom. The summed E-state index contributed by atoms with van der Waals surface area (Å²) in [7, 11) is 0. The van der Waals surface area contributed by atoms with Crippen molar-refractivity contribution in [2.75, 3.05) is 0 Å². The fraction of sp³-hybridized carbons (Fsp3) is 0.833. The highest BCUT2D eigenvalue weighted by Crippen LogP contribution is 2.17. The van der Waals surface area contributed by atoms with Crippen LogP contribution in [0, 0.1) is 0 Å². The second-order valence-corrected chi connectivity index (χ2v) is 8.59. The SMILES string of the molecule is CCCCCCCCCCn1c(O)c(C=S)c(=O)n1CCCCCCCCCC. The van der Waals surface area contributed by atoms with Crippen molar-refractivity contribution in [2.45, 2.75) is 130 Å². The molecule has 0 saturated heterocycles. The van der Waals surface area contributed by atoms with Gasteiger partial charge in [0, 0.05) is 18.5 Å². The summed E-state index contributed by atoms with van der Waals surface area (Å²) in [5, 5.41) is 11.8. The summed E-state index contributed by atoms with van der Waals surface area (Å²) in [6, 6.07) is 0. The zero-order valence-corrected chi connectivity index (χ0v) is 19.8. The van der Waals surface area contributed by atoms with E-state index in [1.165, 1.54) is 82.4 Å². The number of hydrogen-bond acceptors (Lipinski definition) is 3. The van der Waals surface area contributed by atoms with Crippen molar-refractivity contribution in [3.63, 3.8) is 0 Å². The van der Waals surface area contributed by atoms with E-state index in [1.807, 2.05) is 0 Å². The third-order valence-electron chi connectivity index (χ3n) is 5.81. The van der Waals surface area contributed by atoms with Gasteiger partial charge >= 0.3 is 0 Å². The fourth-order valence-electron chi connectivity index (χ4n) is 3.94. The van der Waals surface area contributed by atoms with E-state index < -0.39 is 0 Å². The first kappa shape index (κ1) is 25.9. The van der Waals surface area contributed by atoms with Gasteiger partial charge in [-0.2, -0.15) is 0 Å². The molecule has 0 radical (unpaired) electrons. The molecule has 29 heavy (non-hydrogen) atoms. The third-order valence-corrected chi connectivity index (χ3v) is 6.04. The van der Waals surface area contributed by atoms with Gasteiger partial charge < -0.3 is 5.11 Å². The highest BCUT2D eigenvalue weighted by atomic mass is 32.1. The topological polar surface area (TPSA) is 47.2 Å². The minimum Gasteiger partial charge on any atom is -0.493 e. The van der Waals surface area contributed by atoms with Gasteiger partial charge in [-0.25, -0.2) is 4.68 Å². The van der Waals surface area contributed by atoms with Crippen molar-refractivity contribution in [3.8, 4) is 5.88 Å². The average molecular weight is 425 g/mol. The molecule has 1 rings (SSSR count). The first-order valence-electron chi connectivity index (χ1n) is 12.1. The van der Waals surface area contributed by atoms with Crippen LogP contribution >= 0.6 is 12.2 Å². The van der Waals surface area contributed by atoms with Gasteiger partial charge in [0.15, 0.2) is 0 Å². The monoisotopic (exact) mass is 424 g/mol. The van der Waals surface area contributed by atoms with Crippen molar-refractivity contribution in [1.29, 1.82) is 0 Å². The van der Waals surface area contributed by atoms with Gasteiger partial charge in [0.05, 0.1) is 0 Å². The second kappa shape index (κ2) is 16.7. The predicted octanol–water partition coefficient (Wildman–Crippen LogP) is 6.98. The highest BCUT2D eigenvalue weighted by Gasteiger charge is 2.17. The lowest BCUT2D eigenvalue weighted by Gasteiger charge is -2.12. The van der Waals surface area contributed by atoms with Crippen LogP contribution in [0.2, 0.25) is 0 Å². The van der Waals surface area contributed by atoms with Crippen LogP contribution in [0.15, 0.2) is 4.79 Å². The van der Waals surface area contributed by atoms with Crippen LogP contribution in [-0.4, -0.2) is 19.8 Å². The molecule has 1 aromatic rings. The molecule has 5 heteroatoms. The molecule has 168 valence electrons. The lowest BCUT2D eigenvalue weighted by Crippen LogP contribution is -2.24. The molecule has 1 aromatic heterocycles. The molecule has 0 bridgehead atoms. The molecule has 0 amide bonds. The minimum atomic E-state index is -0.139. The molecule has 1 N–H and O–H groups in total. The summed E-state index contributed by atoms with van der Waals surface area (Å²) < 4.78 is 3.48. The van der Waals surface area contributed by atoms with Gasteiger partial charge in [0.2, 0.25) is 5.88 Å². The van der Waals surface area contributed by atoms with Gasteiger partial charge in [0.25, 0.3) is 5.56 Å². The number of rotatable bonds is 19. The lowest BCUT2D eigenvalue weighted by atomic mass is 10.1. The van der Waals surface area contributed by atoms with Crippen molar-refractivity contribution in [1.82, 2.24) is 9.36 Å². The predicted molar refractivity (Wildman–Crippen MR) is 128 cm³/mol. The Morgan fingerprint density at radius 3 is 1.48 bits per heavy atom. The van der Waals surface area contributed by atoms with Crippen LogP contribution in [0.5, 0.6) is 5.88 Å². The summed E-state index contributed by atoms with van der Waals surface area (Å²) in [6.07, 6.45) is 19.8. The number of hydrogen-bond donors (Lipinski definition) is 1. The van der Waals surface area contributed by atoms with Crippen molar-refractivity contribution >= 4 is 17.6 Å². The minimum absolute atomic E-state index is 0.0486. The maximum absolute atomic E-state index is 12.6. The van der Waals surface area contributed by atoms with Gasteiger partial charge in [-0.1, -0.05) is 116 Å². The van der Waals surface area contributed by atoms with E-state index >= 15 is 0 Å². The molecule has 0 aliphatic heterocycles. The maximum Gasteiger partial charge on any atom is 0.278 e. The standard InChI is InChI=1S/C24H44N2O2S/c1-3-5-7-9-11-13-15-17-19-25-23(27)22(21-29)24(28)26(25)20-18-16-14-12-10-8-6-4-2/h21,27H,3-20H2,1-2H3. The number of unbranched alkanes of at least 4 members (excludes halogenated alkanes) is 14. The van der Waals surface area contributed by atoms with Crippen LogP contribution in [0.4, 0.5) is 0 Å². The quantitative estimate of drug-likeness (QED) is 0.192. The van der Waals surface area contributed by atoms with E-state index in [2.05, 4.69) is 13.8 Å². The van der Waals surface area contributed by atoms with Gasteiger partial charge in [-0.3, -0.25) is 9.48 Å². The molecule has 0 unspecified atom stereocenters. The smallest absolute Gasteiger partial charge is 0.278 e. The zero-order chi connectivity index (χ0) is 21.3. The molecular formula is C24H44N2O2S. The molecule has 0 aliphatic rings. The Morgan fingerprint density at radius 1 is 0.690 bits per heavy atom. The van der Waals surface area contributed by atoms with Crippen LogP contribution in [0.25, 0.3) is 0 Å². The van der Waals surface area contributed by atoms with Crippen molar-refractivity contribution in [2.24, 2.45) is 0 Å².